The van der Waals surface area contributed by atoms with Gasteiger partial charge in [0.15, 0.2) is 11.5 Å². The van der Waals surface area contributed by atoms with Gasteiger partial charge in [0.05, 0.1) is 30.1 Å². The summed E-state index contributed by atoms with van der Waals surface area (Å²) in [5.41, 5.74) is 2.23. The molecule has 2 amide bonds. The Balaban J connectivity index is 1.27. The normalized spacial score (nSPS) is 21.4. The number of hydrogen-bond acceptors (Lipinski definition) is 6. The van der Waals surface area contributed by atoms with E-state index in [4.69, 9.17) is 19.2 Å². The van der Waals surface area contributed by atoms with Crippen molar-refractivity contribution in [3.63, 3.8) is 0 Å². The molecular formula is C23H22N4O5. The van der Waals surface area contributed by atoms with Crippen molar-refractivity contribution in [3.8, 4) is 11.5 Å². The number of carbonyl (C=O) groups excluding carboxylic acids is 2. The molecule has 0 aliphatic carbocycles. The summed E-state index contributed by atoms with van der Waals surface area (Å²) in [6.07, 6.45) is 1.90. The summed E-state index contributed by atoms with van der Waals surface area (Å²) >= 11 is 0. The highest BCUT2D eigenvalue weighted by molar-refractivity contribution is 6.05. The highest BCUT2D eigenvalue weighted by atomic mass is 16.7. The van der Waals surface area contributed by atoms with E-state index in [-0.39, 0.29) is 31.1 Å². The number of carbonyl (C=O) groups is 2. The molecule has 9 nitrogen and oxygen atoms in total. The van der Waals surface area contributed by atoms with Crippen molar-refractivity contribution in [1.29, 1.82) is 0 Å². The number of fused-ring (bicyclic) bond motifs is 4. The van der Waals surface area contributed by atoms with Crippen LogP contribution in [0.4, 0.5) is 11.6 Å². The molecule has 9 heteroatoms. The number of ether oxygens (including phenoxy) is 3. The van der Waals surface area contributed by atoms with E-state index in [1.165, 1.54) is 0 Å². The van der Waals surface area contributed by atoms with Crippen LogP contribution in [0.2, 0.25) is 0 Å². The molecule has 1 N–H and O–H groups in total. The van der Waals surface area contributed by atoms with Crippen LogP contribution in [0.25, 0.3) is 11.0 Å². The Hall–Kier alpha value is -3.59. The third kappa shape index (κ3) is 3.16. The molecular weight excluding hydrogens is 412 g/mol. The lowest BCUT2D eigenvalue weighted by Crippen LogP contribution is -2.37. The third-order valence-electron chi connectivity index (χ3n) is 6.13. The van der Waals surface area contributed by atoms with Crippen molar-refractivity contribution in [1.82, 2.24) is 9.55 Å². The molecule has 164 valence electrons. The van der Waals surface area contributed by atoms with Crippen molar-refractivity contribution in [2.24, 2.45) is 0 Å². The molecule has 0 spiro atoms. The number of anilines is 2. The van der Waals surface area contributed by atoms with E-state index >= 15 is 0 Å². The van der Waals surface area contributed by atoms with Crippen molar-refractivity contribution >= 4 is 34.5 Å². The monoisotopic (exact) mass is 434 g/mol. The number of rotatable bonds is 5. The molecule has 0 unspecified atom stereocenters. The third-order valence-corrected chi connectivity index (χ3v) is 6.13. The first-order chi connectivity index (χ1) is 15.7. The van der Waals surface area contributed by atoms with Gasteiger partial charge in [0, 0.05) is 18.4 Å². The van der Waals surface area contributed by atoms with Crippen LogP contribution in [0.5, 0.6) is 11.5 Å². The van der Waals surface area contributed by atoms with E-state index in [2.05, 4.69) is 5.32 Å². The van der Waals surface area contributed by atoms with Crippen LogP contribution in [0.1, 0.15) is 25.3 Å². The van der Waals surface area contributed by atoms with E-state index in [0.29, 0.717) is 36.3 Å². The largest absolute Gasteiger partial charge is 0.454 e. The number of benzene rings is 2. The molecule has 6 rings (SSSR count). The van der Waals surface area contributed by atoms with Gasteiger partial charge in [-0.1, -0.05) is 12.1 Å². The lowest BCUT2D eigenvalue weighted by atomic mass is 10.1. The van der Waals surface area contributed by atoms with Gasteiger partial charge in [-0.25, -0.2) is 4.98 Å². The molecule has 0 radical (unpaired) electrons. The number of hydrogen-bond donors (Lipinski definition) is 1. The van der Waals surface area contributed by atoms with Crippen molar-refractivity contribution in [2.75, 3.05) is 30.2 Å². The number of nitrogens with one attached hydrogen (secondary N) is 1. The second-order valence-corrected chi connectivity index (χ2v) is 8.19. The summed E-state index contributed by atoms with van der Waals surface area (Å²) in [6, 6.07) is 12.2. The van der Waals surface area contributed by atoms with Crippen molar-refractivity contribution < 1.29 is 23.8 Å². The van der Waals surface area contributed by atoms with Crippen molar-refractivity contribution in [3.05, 3.63) is 42.5 Å². The summed E-state index contributed by atoms with van der Waals surface area (Å²) in [5, 5.41) is 2.87. The van der Waals surface area contributed by atoms with Gasteiger partial charge in [-0.2, -0.15) is 0 Å². The second-order valence-electron chi connectivity index (χ2n) is 8.19. The van der Waals surface area contributed by atoms with Crippen LogP contribution in [0, 0.1) is 0 Å². The lowest BCUT2D eigenvalue weighted by molar-refractivity contribution is -0.124. The summed E-state index contributed by atoms with van der Waals surface area (Å²) in [6.45, 7) is 1.33. The molecule has 1 fully saturated rings. The minimum absolute atomic E-state index is 0.00263. The SMILES string of the molecule is O=C(C[C@H]1C(=O)N(C[C@@H]2CCCO2)c2nc3ccccc3n21)Nc1ccc2c(c1)OCO2. The number of amides is 2. The van der Waals surface area contributed by atoms with Gasteiger partial charge in [0.1, 0.15) is 6.04 Å². The predicted molar refractivity (Wildman–Crippen MR) is 116 cm³/mol. The van der Waals surface area contributed by atoms with Gasteiger partial charge in [-0.05, 0) is 37.1 Å². The summed E-state index contributed by atoms with van der Waals surface area (Å²) < 4.78 is 18.3. The number of nitrogens with zero attached hydrogens (tertiary/aromatic N) is 3. The lowest BCUT2D eigenvalue weighted by Gasteiger charge is -2.19. The fraction of sp³-hybridized carbons (Fsp3) is 0.348. The standard InChI is InChI=1S/C23H22N4O5/c28-21(24-14-7-8-19-20(10-14)32-13-31-19)11-18-22(29)26(12-15-4-3-9-30-15)23-25-16-5-1-2-6-17(16)27(18)23/h1-2,5-8,10,15,18H,3-4,9,11-13H2,(H,24,28)/t15-,18-/m0/s1. The molecule has 2 atom stereocenters. The fourth-order valence-corrected chi connectivity index (χ4v) is 4.62. The van der Waals surface area contributed by atoms with Crippen LogP contribution < -0.4 is 19.7 Å². The zero-order valence-corrected chi connectivity index (χ0v) is 17.3. The van der Waals surface area contributed by atoms with Crippen LogP contribution >= 0.6 is 0 Å². The van der Waals surface area contributed by atoms with Gasteiger partial charge in [0.25, 0.3) is 5.91 Å². The molecule has 1 saturated heterocycles. The first kappa shape index (κ1) is 19.1. The zero-order valence-electron chi connectivity index (χ0n) is 17.3. The van der Waals surface area contributed by atoms with E-state index in [0.717, 1.165) is 23.9 Å². The number of aromatic nitrogens is 2. The Morgan fingerprint density at radius 1 is 1.16 bits per heavy atom. The van der Waals surface area contributed by atoms with E-state index < -0.39 is 6.04 Å². The van der Waals surface area contributed by atoms with Gasteiger partial charge in [0.2, 0.25) is 18.6 Å². The van der Waals surface area contributed by atoms with Crippen LogP contribution in [-0.4, -0.2) is 47.4 Å². The Morgan fingerprint density at radius 3 is 2.91 bits per heavy atom. The second kappa shape index (κ2) is 7.52. The summed E-state index contributed by atoms with van der Waals surface area (Å²) in [7, 11) is 0. The fourth-order valence-electron chi connectivity index (χ4n) is 4.62. The van der Waals surface area contributed by atoms with Crippen molar-refractivity contribution in [2.45, 2.75) is 31.4 Å². The molecule has 0 bridgehead atoms. The highest BCUT2D eigenvalue weighted by Gasteiger charge is 2.42. The Labute approximate surface area is 183 Å². The maximum atomic E-state index is 13.4. The van der Waals surface area contributed by atoms with Crippen LogP contribution in [0.15, 0.2) is 42.5 Å². The molecule has 3 aliphatic heterocycles. The molecule has 3 aromatic rings. The smallest absolute Gasteiger partial charge is 0.253 e. The minimum Gasteiger partial charge on any atom is -0.454 e. The molecule has 2 aromatic carbocycles. The molecule has 4 heterocycles. The number of para-hydroxylation sites is 2. The van der Waals surface area contributed by atoms with E-state index in [9.17, 15) is 9.59 Å². The first-order valence-corrected chi connectivity index (χ1v) is 10.8. The summed E-state index contributed by atoms with van der Waals surface area (Å²) in [4.78, 5) is 32.7. The van der Waals surface area contributed by atoms with Gasteiger partial charge < -0.3 is 19.5 Å². The molecule has 0 saturated carbocycles. The number of imidazole rings is 1. The summed E-state index contributed by atoms with van der Waals surface area (Å²) in [5.74, 6) is 1.42. The Morgan fingerprint density at radius 2 is 2.03 bits per heavy atom. The van der Waals surface area contributed by atoms with E-state index in [1.807, 2.05) is 28.8 Å². The maximum absolute atomic E-state index is 13.4. The maximum Gasteiger partial charge on any atom is 0.253 e. The topological polar surface area (TPSA) is 94.9 Å². The van der Waals surface area contributed by atoms with Crippen LogP contribution in [-0.2, 0) is 14.3 Å². The van der Waals surface area contributed by atoms with Gasteiger partial charge in [-0.15, -0.1) is 0 Å². The predicted octanol–water partition coefficient (Wildman–Crippen LogP) is 2.86. The average Bonchev–Trinajstić information content (AvgIpc) is 3.57. The average molecular weight is 434 g/mol. The van der Waals surface area contributed by atoms with E-state index in [1.54, 1.807) is 23.1 Å². The highest BCUT2D eigenvalue weighted by Crippen LogP contribution is 2.38. The zero-order chi connectivity index (χ0) is 21.7. The molecule has 3 aliphatic rings. The molecule has 32 heavy (non-hydrogen) atoms. The minimum atomic E-state index is -0.659. The Bertz CT molecular complexity index is 1220. The first-order valence-electron chi connectivity index (χ1n) is 10.8. The van der Waals surface area contributed by atoms with Gasteiger partial charge in [-0.3, -0.25) is 19.1 Å². The quantitative estimate of drug-likeness (QED) is 0.664. The molecule has 1 aromatic heterocycles. The van der Waals surface area contributed by atoms with Crippen LogP contribution in [0.3, 0.4) is 0 Å². The Kier molecular flexibility index (Phi) is 4.50. The van der Waals surface area contributed by atoms with Gasteiger partial charge >= 0.3 is 0 Å².